The van der Waals surface area contributed by atoms with Gasteiger partial charge in [-0.15, -0.1) is 0 Å². The number of hydrogen-bond donors (Lipinski definition) is 4. The summed E-state index contributed by atoms with van der Waals surface area (Å²) < 4.78 is 5.91. The first-order chi connectivity index (χ1) is 33.1. The standard InChI is InChI=1S/C51H54ClN9O7/c52-41-26-36(68-35-4-2-1-3-5-35)11-13-38(41)46(64)40-28-54-47-45(40)48(56-29-55-47)57-33-8-6-32(7-9-33)53-27-31-18-22-60(23-19-31)44(63)24-30-16-20-59(21-17-30)34-10-12-37-39(25-34)51(67)61(50(37)66)42-14-15-43(62)58-49(42)65/h1-5,10-13,25-26,28-33,42,53H,6-9,14-24,27H2,(H,58,62,65)(H2,54,55,56,57). The fourth-order valence-corrected chi connectivity index (χ4v) is 10.8. The number of H-pyrrole nitrogens is 1. The van der Waals surface area contributed by atoms with Crippen LogP contribution in [-0.2, 0) is 14.4 Å². The lowest BCUT2D eigenvalue weighted by Crippen LogP contribution is -2.54. The summed E-state index contributed by atoms with van der Waals surface area (Å²) >= 11 is 6.64. The minimum atomic E-state index is -0.994. The lowest BCUT2D eigenvalue weighted by atomic mass is 9.89. The summed E-state index contributed by atoms with van der Waals surface area (Å²) in [4.78, 5) is 95.3. The number of aromatic amines is 1. The van der Waals surface area contributed by atoms with E-state index < -0.39 is 29.7 Å². The van der Waals surface area contributed by atoms with Gasteiger partial charge in [-0.25, -0.2) is 9.97 Å². The number of piperidine rings is 3. The Balaban J connectivity index is 0.647. The van der Waals surface area contributed by atoms with E-state index in [0.717, 1.165) is 94.7 Å². The third-order valence-corrected chi connectivity index (χ3v) is 14.8. The van der Waals surface area contributed by atoms with Gasteiger partial charge in [0.15, 0.2) is 5.78 Å². The Morgan fingerprint density at radius 3 is 2.24 bits per heavy atom. The Labute approximate surface area is 398 Å². The number of rotatable bonds is 13. The molecule has 1 saturated carbocycles. The predicted molar refractivity (Wildman–Crippen MR) is 255 cm³/mol. The Bertz CT molecular complexity index is 2760. The van der Waals surface area contributed by atoms with E-state index in [2.05, 4.69) is 35.8 Å². The van der Waals surface area contributed by atoms with Crippen LogP contribution in [0.1, 0.15) is 107 Å². The van der Waals surface area contributed by atoms with Gasteiger partial charge in [0.2, 0.25) is 17.7 Å². The highest BCUT2D eigenvalue weighted by atomic mass is 35.5. The van der Waals surface area contributed by atoms with Crippen molar-refractivity contribution in [3.05, 3.63) is 107 Å². The van der Waals surface area contributed by atoms with E-state index in [1.807, 2.05) is 41.3 Å². The van der Waals surface area contributed by atoms with Crippen LogP contribution < -0.4 is 25.6 Å². The van der Waals surface area contributed by atoms with Crippen molar-refractivity contribution < 1.29 is 33.5 Å². The molecule has 1 unspecified atom stereocenters. The van der Waals surface area contributed by atoms with Crippen molar-refractivity contribution in [2.45, 2.75) is 88.8 Å². The highest BCUT2D eigenvalue weighted by Crippen LogP contribution is 2.35. The minimum absolute atomic E-state index is 0.0768. The number of nitrogens with zero attached hydrogens (tertiary/aromatic N) is 5. The van der Waals surface area contributed by atoms with Gasteiger partial charge in [0, 0.05) is 74.6 Å². The molecule has 68 heavy (non-hydrogen) atoms. The van der Waals surface area contributed by atoms with Crippen molar-refractivity contribution in [2.24, 2.45) is 11.8 Å². The third kappa shape index (κ3) is 9.43. The number of likely N-dealkylation sites (tertiary alicyclic amines) is 1. The number of para-hydroxylation sites is 1. The van der Waals surface area contributed by atoms with Gasteiger partial charge in [0.05, 0.1) is 27.1 Å². The molecule has 5 amide bonds. The van der Waals surface area contributed by atoms with Crippen molar-refractivity contribution in [1.29, 1.82) is 0 Å². The first-order valence-corrected chi connectivity index (χ1v) is 24.2. The molecule has 2 aromatic heterocycles. The summed E-state index contributed by atoms with van der Waals surface area (Å²) in [6.07, 6.45) is 11.5. The number of hydrogen-bond acceptors (Lipinski definition) is 12. The van der Waals surface area contributed by atoms with Crippen molar-refractivity contribution in [1.82, 2.24) is 35.4 Å². The van der Waals surface area contributed by atoms with Crippen molar-refractivity contribution in [3.8, 4) is 11.5 Å². The maximum Gasteiger partial charge on any atom is 0.262 e. The number of aromatic nitrogens is 3. The monoisotopic (exact) mass is 939 g/mol. The molecule has 5 aromatic rings. The summed E-state index contributed by atoms with van der Waals surface area (Å²) in [6.45, 7) is 3.95. The molecular formula is C51H54ClN9O7. The number of nitrogens with one attached hydrogen (secondary N) is 4. The number of ketones is 1. The van der Waals surface area contributed by atoms with Crippen LogP contribution in [0.2, 0.25) is 5.02 Å². The van der Waals surface area contributed by atoms with E-state index in [4.69, 9.17) is 16.3 Å². The summed E-state index contributed by atoms with van der Waals surface area (Å²) in [5.74, 6) is 0.573. The summed E-state index contributed by atoms with van der Waals surface area (Å²) in [5, 5.41) is 10.6. The van der Waals surface area contributed by atoms with Gasteiger partial charge in [-0.3, -0.25) is 39.0 Å². The van der Waals surface area contributed by atoms with Crippen LogP contribution in [0.4, 0.5) is 11.5 Å². The van der Waals surface area contributed by atoms with Crippen LogP contribution in [0, 0.1) is 11.8 Å². The molecule has 6 heterocycles. The van der Waals surface area contributed by atoms with Crippen LogP contribution in [-0.4, -0.2) is 111 Å². The Kier molecular flexibility index (Phi) is 13.0. The summed E-state index contributed by atoms with van der Waals surface area (Å²) in [6, 6.07) is 19.3. The molecule has 3 saturated heterocycles. The molecule has 10 rings (SSSR count). The second-order valence-corrected chi connectivity index (χ2v) is 19.2. The molecule has 16 nitrogen and oxygen atoms in total. The quantitative estimate of drug-likeness (QED) is 0.0705. The summed E-state index contributed by atoms with van der Waals surface area (Å²) in [5.41, 5.74) is 2.77. The van der Waals surface area contributed by atoms with Crippen LogP contribution >= 0.6 is 11.6 Å². The molecular weight excluding hydrogens is 886 g/mol. The average Bonchev–Trinajstić information content (AvgIpc) is 3.90. The molecule has 4 N–H and O–H groups in total. The molecule has 5 aliphatic rings. The minimum Gasteiger partial charge on any atom is -0.457 e. The van der Waals surface area contributed by atoms with Gasteiger partial charge in [-0.2, -0.15) is 0 Å². The molecule has 4 aliphatic heterocycles. The first-order valence-electron chi connectivity index (χ1n) is 23.8. The van der Waals surface area contributed by atoms with Gasteiger partial charge in [0.25, 0.3) is 11.8 Å². The summed E-state index contributed by atoms with van der Waals surface area (Å²) in [7, 11) is 0. The van der Waals surface area contributed by atoms with Gasteiger partial charge in [-0.05, 0) is 119 Å². The lowest BCUT2D eigenvalue weighted by molar-refractivity contribution is -0.136. The number of imide groups is 2. The van der Waals surface area contributed by atoms with E-state index in [9.17, 15) is 28.8 Å². The molecule has 0 spiro atoms. The van der Waals surface area contributed by atoms with E-state index in [-0.39, 0.29) is 47.6 Å². The predicted octanol–water partition coefficient (Wildman–Crippen LogP) is 6.89. The van der Waals surface area contributed by atoms with E-state index in [0.29, 0.717) is 62.9 Å². The fourth-order valence-electron chi connectivity index (χ4n) is 10.5. The highest BCUT2D eigenvalue weighted by molar-refractivity contribution is 6.36. The smallest absolute Gasteiger partial charge is 0.262 e. The van der Waals surface area contributed by atoms with Gasteiger partial charge in [0.1, 0.15) is 35.3 Å². The zero-order chi connectivity index (χ0) is 46.9. The molecule has 17 heteroatoms. The van der Waals surface area contributed by atoms with E-state index in [1.54, 1.807) is 36.5 Å². The second-order valence-electron chi connectivity index (χ2n) is 18.8. The molecule has 352 valence electrons. The largest absolute Gasteiger partial charge is 0.457 e. The zero-order valence-electron chi connectivity index (χ0n) is 37.7. The van der Waals surface area contributed by atoms with Crippen LogP contribution in [0.5, 0.6) is 11.5 Å². The van der Waals surface area contributed by atoms with Gasteiger partial charge < -0.3 is 30.2 Å². The zero-order valence-corrected chi connectivity index (χ0v) is 38.4. The molecule has 4 fully saturated rings. The lowest BCUT2D eigenvalue weighted by Gasteiger charge is -2.37. The number of carbonyl (C=O) groups is 6. The van der Waals surface area contributed by atoms with Crippen LogP contribution in [0.15, 0.2) is 79.3 Å². The normalized spacial score (nSPS) is 21.5. The molecule has 3 aromatic carbocycles. The second kappa shape index (κ2) is 19.5. The average molecular weight is 941 g/mol. The van der Waals surface area contributed by atoms with Crippen LogP contribution in [0.25, 0.3) is 11.0 Å². The topological polar surface area (TPSA) is 199 Å². The van der Waals surface area contributed by atoms with Crippen molar-refractivity contribution >= 4 is 69.5 Å². The number of carbonyl (C=O) groups excluding carboxylic acids is 6. The van der Waals surface area contributed by atoms with E-state index >= 15 is 0 Å². The molecule has 0 radical (unpaired) electrons. The molecule has 1 aliphatic carbocycles. The highest BCUT2D eigenvalue weighted by Gasteiger charge is 2.45. The SMILES string of the molecule is O=C1CCC(N2C(=O)c3ccc(N4CCC(CC(=O)N5CCC(CNC6CCC(Nc7ncnc8[nH]cc(C(=O)c9ccc(Oc%10ccccc%10)cc9Cl)c78)CC6)CC5)CC4)cc3C2=O)C(=O)N1. The number of anilines is 2. The maximum absolute atomic E-state index is 13.9. The van der Waals surface area contributed by atoms with Crippen molar-refractivity contribution in [3.63, 3.8) is 0 Å². The Morgan fingerprint density at radius 1 is 0.750 bits per heavy atom. The number of benzene rings is 3. The van der Waals surface area contributed by atoms with Gasteiger partial charge >= 0.3 is 0 Å². The first kappa shape index (κ1) is 45.1. The van der Waals surface area contributed by atoms with E-state index in [1.165, 1.54) is 6.33 Å². The number of halogens is 1. The molecule has 1 atom stereocenters. The maximum atomic E-state index is 13.9. The Hall–Kier alpha value is -6.65. The fraction of sp³-hybridized carbons (Fsp3) is 0.412. The van der Waals surface area contributed by atoms with Crippen LogP contribution in [0.3, 0.4) is 0 Å². The third-order valence-electron chi connectivity index (χ3n) is 14.5. The van der Waals surface area contributed by atoms with Crippen molar-refractivity contribution in [2.75, 3.05) is 42.9 Å². The molecule has 0 bridgehead atoms. The number of fused-ring (bicyclic) bond motifs is 2. The number of amides is 5. The Morgan fingerprint density at radius 2 is 1.49 bits per heavy atom. The van der Waals surface area contributed by atoms with Gasteiger partial charge in [-0.1, -0.05) is 29.8 Å². The number of ether oxygens (including phenoxy) is 1.